The first-order chi connectivity index (χ1) is 10.2. The Hall–Kier alpha value is -2.03. The van der Waals surface area contributed by atoms with Crippen LogP contribution in [0.1, 0.15) is 55.2 Å². The maximum absolute atomic E-state index is 12.0. The summed E-state index contributed by atoms with van der Waals surface area (Å²) in [7, 11) is 0. The third-order valence-corrected chi connectivity index (χ3v) is 4.78. The molecule has 3 nitrogen and oxygen atoms in total. The highest BCUT2D eigenvalue weighted by atomic mass is 16.5. The number of hydrogen-bond acceptors (Lipinski definition) is 2. The van der Waals surface area contributed by atoms with Crippen molar-refractivity contribution < 1.29 is 9.53 Å². The van der Waals surface area contributed by atoms with Crippen LogP contribution >= 0.6 is 0 Å². The van der Waals surface area contributed by atoms with Crippen molar-refractivity contribution in [1.82, 2.24) is 4.57 Å². The number of carbonyl (C=O) groups excluding carboxylic acids is 1. The molecule has 0 radical (unpaired) electrons. The molecule has 21 heavy (non-hydrogen) atoms. The summed E-state index contributed by atoms with van der Waals surface area (Å²) < 4.78 is 8.57. The van der Waals surface area contributed by atoms with Crippen molar-refractivity contribution in [2.24, 2.45) is 0 Å². The van der Waals surface area contributed by atoms with Gasteiger partial charge in [-0.2, -0.15) is 0 Å². The van der Waals surface area contributed by atoms with E-state index >= 15 is 0 Å². The number of aromatic nitrogens is 1. The average molecular weight is 281 g/mol. The lowest BCUT2D eigenvalue weighted by Gasteiger charge is -2.42. The van der Waals surface area contributed by atoms with Gasteiger partial charge in [0.05, 0.1) is 17.1 Å². The lowest BCUT2D eigenvalue weighted by atomic mass is 9.81. The summed E-state index contributed by atoms with van der Waals surface area (Å²) in [6.45, 7) is 1.63. The minimum absolute atomic E-state index is 0.101. The fourth-order valence-corrected chi connectivity index (χ4v) is 3.80. The van der Waals surface area contributed by atoms with Gasteiger partial charge in [-0.15, -0.1) is 0 Å². The molecule has 0 amide bonds. The summed E-state index contributed by atoms with van der Waals surface area (Å²) in [5, 5.41) is 0. The lowest BCUT2D eigenvalue weighted by Crippen LogP contribution is -2.40. The van der Waals surface area contributed by atoms with Gasteiger partial charge in [-0.25, -0.2) is 0 Å². The van der Waals surface area contributed by atoms with E-state index in [0.717, 1.165) is 35.7 Å². The van der Waals surface area contributed by atoms with E-state index in [1.54, 1.807) is 6.92 Å². The fraction of sp³-hybridized carbons (Fsp3) is 0.389. The minimum atomic E-state index is -0.250. The largest absolute Gasteiger partial charge is 0.479 e. The molecule has 1 saturated carbocycles. The van der Waals surface area contributed by atoms with E-state index in [1.165, 1.54) is 19.3 Å². The van der Waals surface area contributed by atoms with Gasteiger partial charge in [0, 0.05) is 6.92 Å². The monoisotopic (exact) mass is 281 g/mol. The summed E-state index contributed by atoms with van der Waals surface area (Å²) in [6, 6.07) is 12.1. The number of ether oxygens (including phenoxy) is 1. The number of ketones is 1. The maximum atomic E-state index is 12.0. The van der Waals surface area contributed by atoms with Crippen LogP contribution in [-0.4, -0.2) is 10.4 Å². The van der Waals surface area contributed by atoms with Gasteiger partial charge < -0.3 is 9.30 Å². The molecule has 1 fully saturated rings. The molecular formula is C18H19NO2. The van der Waals surface area contributed by atoms with Gasteiger partial charge in [-0.05, 0) is 49.9 Å². The molecule has 0 saturated heterocycles. The Morgan fingerprint density at radius 1 is 1.10 bits per heavy atom. The summed E-state index contributed by atoms with van der Waals surface area (Å²) in [5.41, 5.74) is 2.64. The molecule has 1 aromatic heterocycles. The molecule has 1 aliphatic carbocycles. The molecular weight excluding hydrogens is 262 g/mol. The van der Waals surface area contributed by atoms with Gasteiger partial charge >= 0.3 is 0 Å². The first-order valence-corrected chi connectivity index (χ1v) is 7.73. The Morgan fingerprint density at radius 3 is 2.62 bits per heavy atom. The van der Waals surface area contributed by atoms with Gasteiger partial charge in [0.2, 0.25) is 0 Å². The molecule has 0 unspecified atom stereocenters. The third kappa shape index (κ3) is 1.76. The van der Waals surface area contributed by atoms with Crippen LogP contribution in [0.2, 0.25) is 0 Å². The number of para-hydroxylation sites is 2. The highest BCUT2D eigenvalue weighted by molar-refractivity contribution is 5.93. The second kappa shape index (κ2) is 4.48. The molecule has 0 N–H and O–H groups in total. The molecule has 2 aliphatic rings. The standard InChI is InChI=1S/C18H19NO2/c1-13(20)14-9-10-17-18(11-5-2-6-12-18)21-16-8-4-3-7-15(16)19(14)17/h3-4,7-10H,2,5-6,11-12H2,1H3. The third-order valence-electron chi connectivity index (χ3n) is 4.78. The zero-order chi connectivity index (χ0) is 14.4. The molecule has 1 aliphatic heterocycles. The Labute approximate surface area is 124 Å². The van der Waals surface area contributed by atoms with Crippen LogP contribution < -0.4 is 4.74 Å². The van der Waals surface area contributed by atoms with Crippen LogP contribution in [0.3, 0.4) is 0 Å². The summed E-state index contributed by atoms with van der Waals surface area (Å²) in [5.74, 6) is 0.995. The molecule has 3 heteroatoms. The van der Waals surface area contributed by atoms with E-state index in [9.17, 15) is 4.79 Å². The molecule has 2 heterocycles. The number of fused-ring (bicyclic) bond motifs is 4. The first-order valence-electron chi connectivity index (χ1n) is 7.73. The second-order valence-electron chi connectivity index (χ2n) is 6.12. The number of hydrogen-bond donors (Lipinski definition) is 0. The Bertz CT molecular complexity index is 708. The summed E-state index contributed by atoms with van der Waals surface area (Å²) in [6.07, 6.45) is 5.70. The highest BCUT2D eigenvalue weighted by Crippen LogP contribution is 2.47. The number of carbonyl (C=O) groups is 1. The second-order valence-corrected chi connectivity index (χ2v) is 6.12. The normalized spacial score (nSPS) is 18.7. The quantitative estimate of drug-likeness (QED) is 0.732. The van der Waals surface area contributed by atoms with Crippen molar-refractivity contribution in [3.05, 3.63) is 47.8 Å². The van der Waals surface area contributed by atoms with Gasteiger partial charge in [0.1, 0.15) is 11.4 Å². The van der Waals surface area contributed by atoms with Crippen molar-refractivity contribution >= 4 is 5.78 Å². The number of Topliss-reactive ketones (excluding diaryl/α,β-unsaturated/α-hetero) is 1. The van der Waals surface area contributed by atoms with Gasteiger partial charge in [0.25, 0.3) is 0 Å². The van der Waals surface area contributed by atoms with Crippen molar-refractivity contribution in [3.8, 4) is 11.4 Å². The zero-order valence-electron chi connectivity index (χ0n) is 12.3. The molecule has 0 atom stereocenters. The molecule has 0 bridgehead atoms. The number of benzene rings is 1. The van der Waals surface area contributed by atoms with E-state index in [4.69, 9.17) is 4.74 Å². The van der Waals surface area contributed by atoms with Crippen LogP contribution in [0.25, 0.3) is 5.69 Å². The van der Waals surface area contributed by atoms with Gasteiger partial charge in [0.15, 0.2) is 5.78 Å². The van der Waals surface area contributed by atoms with Crippen LogP contribution in [0.4, 0.5) is 0 Å². The predicted octanol–water partition coefficient (Wildman–Crippen LogP) is 4.23. The Balaban J connectivity index is 1.98. The average Bonchev–Trinajstić information content (AvgIpc) is 2.95. The van der Waals surface area contributed by atoms with Crippen LogP contribution in [0.5, 0.6) is 5.75 Å². The molecule has 4 rings (SSSR count). The van der Waals surface area contributed by atoms with Crippen LogP contribution in [0, 0.1) is 0 Å². The van der Waals surface area contributed by atoms with Crippen LogP contribution in [-0.2, 0) is 5.60 Å². The minimum Gasteiger partial charge on any atom is -0.479 e. The van der Waals surface area contributed by atoms with E-state index in [-0.39, 0.29) is 11.4 Å². The number of rotatable bonds is 1. The molecule has 1 spiro atoms. The van der Waals surface area contributed by atoms with E-state index < -0.39 is 0 Å². The van der Waals surface area contributed by atoms with E-state index in [0.29, 0.717) is 0 Å². The van der Waals surface area contributed by atoms with Crippen molar-refractivity contribution in [1.29, 1.82) is 0 Å². The fourth-order valence-electron chi connectivity index (χ4n) is 3.80. The zero-order valence-corrected chi connectivity index (χ0v) is 12.3. The molecule has 108 valence electrons. The van der Waals surface area contributed by atoms with Gasteiger partial charge in [-0.1, -0.05) is 18.6 Å². The Morgan fingerprint density at radius 2 is 1.86 bits per heavy atom. The van der Waals surface area contributed by atoms with E-state index in [1.807, 2.05) is 30.3 Å². The summed E-state index contributed by atoms with van der Waals surface area (Å²) in [4.78, 5) is 12.0. The van der Waals surface area contributed by atoms with Crippen molar-refractivity contribution in [2.75, 3.05) is 0 Å². The lowest BCUT2D eigenvalue weighted by molar-refractivity contribution is 0.0135. The van der Waals surface area contributed by atoms with Crippen molar-refractivity contribution in [2.45, 2.75) is 44.6 Å². The first kappa shape index (κ1) is 12.7. The predicted molar refractivity (Wildman–Crippen MR) is 81.2 cm³/mol. The van der Waals surface area contributed by atoms with Crippen LogP contribution in [0.15, 0.2) is 36.4 Å². The molecule has 1 aromatic carbocycles. The highest BCUT2D eigenvalue weighted by Gasteiger charge is 2.43. The molecule has 2 aromatic rings. The van der Waals surface area contributed by atoms with Gasteiger partial charge in [-0.3, -0.25) is 4.79 Å². The number of nitrogens with zero attached hydrogens (tertiary/aromatic N) is 1. The summed E-state index contributed by atoms with van der Waals surface area (Å²) >= 11 is 0. The SMILES string of the molecule is CC(=O)c1ccc2n1-c1ccccc1OC21CCCCC1. The topological polar surface area (TPSA) is 31.2 Å². The Kier molecular flexibility index (Phi) is 2.71. The maximum Gasteiger partial charge on any atom is 0.176 e. The smallest absolute Gasteiger partial charge is 0.176 e. The van der Waals surface area contributed by atoms with Crippen molar-refractivity contribution in [3.63, 3.8) is 0 Å². The van der Waals surface area contributed by atoms with E-state index in [2.05, 4.69) is 10.6 Å².